The minimum atomic E-state index is -5.27. The topological polar surface area (TPSA) is 3.24 Å². The summed E-state index contributed by atoms with van der Waals surface area (Å²) in [5.74, 6) is -1.18. The molecule has 1 aliphatic heterocycles. The summed E-state index contributed by atoms with van der Waals surface area (Å²) in [4.78, 5) is 2.08. The van der Waals surface area contributed by atoms with Gasteiger partial charge >= 0.3 is 58.4 Å². The van der Waals surface area contributed by atoms with Crippen LogP contribution in [0.1, 0.15) is 18.4 Å². The van der Waals surface area contributed by atoms with Gasteiger partial charge < -0.3 is 12.9 Å². The summed E-state index contributed by atoms with van der Waals surface area (Å²) in [7, 11) is 0. The monoisotopic (exact) mass is 285 g/mol. The largest absolute Gasteiger partial charge is 1.00 e. The van der Waals surface area contributed by atoms with E-state index in [1.807, 2.05) is 0 Å². The van der Waals surface area contributed by atoms with E-state index in [1.54, 1.807) is 0 Å². The maximum absolute atomic E-state index is 13.1. The number of hydrogen-bond donors (Lipinski definition) is 0. The van der Waals surface area contributed by atoms with Crippen LogP contribution in [-0.4, -0.2) is 25.0 Å². The fourth-order valence-electron chi connectivity index (χ4n) is 2.14. The average Bonchev–Trinajstić information content (AvgIpc) is 2.72. The predicted octanol–water partition coefficient (Wildman–Crippen LogP) is -0.520. The summed E-state index contributed by atoms with van der Waals surface area (Å²) in [6, 6.07) is 3.28. The van der Waals surface area contributed by atoms with Gasteiger partial charge in [-0.3, -0.25) is 4.90 Å². The Bertz CT molecular complexity index is 405. The number of rotatable bonds is 3. The van der Waals surface area contributed by atoms with Crippen molar-refractivity contribution in [1.82, 2.24) is 4.90 Å². The molecule has 1 aromatic carbocycles. The molecular weight excluding hydrogens is 272 g/mol. The first-order valence-electron chi connectivity index (χ1n) is 5.67. The van der Waals surface area contributed by atoms with Crippen molar-refractivity contribution in [3.8, 4) is 0 Å². The number of hydrogen-bond acceptors (Lipinski definition) is 1. The first kappa shape index (κ1) is 16.7. The minimum absolute atomic E-state index is 0. The van der Waals surface area contributed by atoms with Crippen LogP contribution in [-0.2, 0) is 6.54 Å². The van der Waals surface area contributed by atoms with Crippen LogP contribution >= 0.6 is 0 Å². The molecule has 0 spiro atoms. The third-order valence-electron chi connectivity index (χ3n) is 3.02. The van der Waals surface area contributed by atoms with Crippen molar-refractivity contribution >= 4 is 12.4 Å². The van der Waals surface area contributed by atoms with Crippen LogP contribution in [0.2, 0.25) is 0 Å². The van der Waals surface area contributed by atoms with Gasteiger partial charge in [-0.05, 0) is 37.6 Å². The van der Waals surface area contributed by atoms with Gasteiger partial charge in [0.25, 0.3) is 0 Å². The van der Waals surface area contributed by atoms with Crippen molar-refractivity contribution < 1.29 is 68.7 Å². The Morgan fingerprint density at radius 2 is 1.72 bits per heavy atom. The van der Waals surface area contributed by atoms with Gasteiger partial charge in [0.1, 0.15) is 0 Å². The van der Waals surface area contributed by atoms with Crippen molar-refractivity contribution in [2.24, 2.45) is 0 Å². The molecule has 7 heteroatoms. The van der Waals surface area contributed by atoms with Gasteiger partial charge in [0.2, 0.25) is 0 Å². The second-order valence-electron chi connectivity index (χ2n) is 4.41. The fraction of sp³-hybridized carbons (Fsp3) is 0.455. The molecule has 1 fully saturated rings. The molecule has 0 radical (unpaired) electrons. The molecule has 0 N–H and O–H groups in total. The molecule has 0 unspecified atom stereocenters. The van der Waals surface area contributed by atoms with Gasteiger partial charge in [0.05, 0.1) is 5.82 Å². The molecule has 1 nitrogen and oxygen atoms in total. The van der Waals surface area contributed by atoms with Gasteiger partial charge in [-0.2, -0.15) is 0 Å². The number of likely N-dealkylation sites (tertiary alicyclic amines) is 1. The Morgan fingerprint density at radius 3 is 2.28 bits per heavy atom. The summed E-state index contributed by atoms with van der Waals surface area (Å²) < 4.78 is 50.7. The van der Waals surface area contributed by atoms with Gasteiger partial charge in [-0.15, -0.1) is 0 Å². The van der Waals surface area contributed by atoms with E-state index in [-0.39, 0.29) is 51.4 Å². The first-order chi connectivity index (χ1) is 7.97. The Kier molecular flexibility index (Phi) is 6.34. The van der Waals surface area contributed by atoms with E-state index >= 15 is 0 Å². The molecule has 0 aliphatic carbocycles. The average molecular weight is 285 g/mol. The summed E-state index contributed by atoms with van der Waals surface area (Å²) in [5.41, 5.74) is -0.579. The smallest absolute Gasteiger partial charge is 0.445 e. The van der Waals surface area contributed by atoms with Crippen LogP contribution in [0.25, 0.3) is 0 Å². The van der Waals surface area contributed by atoms with Crippen LogP contribution in [0.3, 0.4) is 0 Å². The molecule has 2 rings (SSSR count). The number of halogens is 4. The molecule has 1 heterocycles. The van der Waals surface area contributed by atoms with Crippen molar-refractivity contribution in [3.05, 3.63) is 29.6 Å². The molecule has 0 aromatic heterocycles. The molecule has 1 saturated heterocycles. The summed E-state index contributed by atoms with van der Waals surface area (Å²) in [6.07, 6.45) is 2.16. The molecule has 0 bridgehead atoms. The summed E-state index contributed by atoms with van der Waals surface area (Å²) >= 11 is 0. The molecule has 94 valence electrons. The fourth-order valence-corrected chi connectivity index (χ4v) is 2.14. The maximum atomic E-state index is 13.1. The molecule has 1 aliphatic rings. The van der Waals surface area contributed by atoms with E-state index in [9.17, 15) is 17.3 Å². The molecule has 0 amide bonds. The van der Waals surface area contributed by atoms with Crippen LogP contribution in [0, 0.1) is 5.82 Å². The van der Waals surface area contributed by atoms with Crippen molar-refractivity contribution in [2.75, 3.05) is 13.1 Å². The van der Waals surface area contributed by atoms with Crippen molar-refractivity contribution in [3.63, 3.8) is 0 Å². The Balaban J connectivity index is 0.00000162. The second-order valence-corrected chi connectivity index (χ2v) is 4.41. The Hall–Kier alpha value is 0.601. The van der Waals surface area contributed by atoms with Gasteiger partial charge in [-0.25, -0.2) is 4.39 Å². The normalized spacial score (nSPS) is 16.7. The van der Waals surface area contributed by atoms with E-state index < -0.39 is 18.3 Å². The van der Waals surface area contributed by atoms with E-state index in [0.717, 1.165) is 38.1 Å². The standard InChI is InChI=1S/C11H13BF4N.K/c13-11-4-3-9(7-10(11)12(14,15)16)8-17-5-1-2-6-17;/h3-4,7H,1-2,5-6,8H2;/q-1;+1. The van der Waals surface area contributed by atoms with Gasteiger partial charge in [0.15, 0.2) is 0 Å². The quantitative estimate of drug-likeness (QED) is 0.533. The first-order valence-corrected chi connectivity index (χ1v) is 5.67. The summed E-state index contributed by atoms with van der Waals surface area (Å²) in [5, 5.41) is 0. The molecule has 18 heavy (non-hydrogen) atoms. The summed E-state index contributed by atoms with van der Waals surface area (Å²) in [6.45, 7) is -2.98. The van der Waals surface area contributed by atoms with Crippen LogP contribution in [0.5, 0.6) is 0 Å². The molecule has 0 atom stereocenters. The molecule has 1 aromatic rings. The van der Waals surface area contributed by atoms with E-state index in [0.29, 0.717) is 12.1 Å². The zero-order valence-electron chi connectivity index (χ0n) is 10.3. The zero-order valence-corrected chi connectivity index (χ0v) is 13.4. The second kappa shape index (κ2) is 6.86. The molecular formula is C11H13BF4KN. The van der Waals surface area contributed by atoms with Crippen LogP contribution in [0.15, 0.2) is 18.2 Å². The zero-order chi connectivity index (χ0) is 12.5. The third kappa shape index (κ3) is 4.32. The Morgan fingerprint density at radius 1 is 1.11 bits per heavy atom. The SMILES string of the molecule is Fc1ccc(CN2CCCC2)cc1[B-](F)(F)F.[K+]. The molecule has 0 saturated carbocycles. The van der Waals surface area contributed by atoms with Crippen LogP contribution < -0.4 is 56.8 Å². The predicted molar refractivity (Wildman–Crippen MR) is 59.6 cm³/mol. The van der Waals surface area contributed by atoms with Gasteiger partial charge in [0, 0.05) is 6.54 Å². The van der Waals surface area contributed by atoms with Crippen molar-refractivity contribution in [1.29, 1.82) is 0 Å². The van der Waals surface area contributed by atoms with E-state index in [4.69, 9.17) is 0 Å². The third-order valence-corrected chi connectivity index (χ3v) is 3.02. The van der Waals surface area contributed by atoms with Crippen molar-refractivity contribution in [2.45, 2.75) is 19.4 Å². The number of nitrogens with zero attached hydrogens (tertiary/aromatic N) is 1. The minimum Gasteiger partial charge on any atom is -0.445 e. The van der Waals surface area contributed by atoms with E-state index in [2.05, 4.69) is 4.90 Å². The Labute approximate surface area is 146 Å². The number of benzene rings is 1. The van der Waals surface area contributed by atoms with Gasteiger partial charge in [-0.1, -0.05) is 17.6 Å². The van der Waals surface area contributed by atoms with Crippen LogP contribution in [0.4, 0.5) is 17.3 Å². The maximum Gasteiger partial charge on any atom is 1.00 e. The van der Waals surface area contributed by atoms with E-state index in [1.165, 1.54) is 6.07 Å².